The van der Waals surface area contributed by atoms with Crippen LogP contribution in [0.4, 0.5) is 5.69 Å². The zero-order valence-electron chi connectivity index (χ0n) is 15.9. The van der Waals surface area contributed by atoms with E-state index in [1.54, 1.807) is 37.3 Å². The van der Waals surface area contributed by atoms with Gasteiger partial charge < -0.3 is 14.6 Å². The summed E-state index contributed by atoms with van der Waals surface area (Å²) in [6.07, 6.45) is 0. The number of hydrogen-bond acceptors (Lipinski definition) is 6. The Morgan fingerprint density at radius 3 is 2.62 bits per heavy atom. The third-order valence-electron chi connectivity index (χ3n) is 3.93. The van der Waals surface area contributed by atoms with Crippen LogP contribution in [0.1, 0.15) is 17.3 Å². The highest BCUT2D eigenvalue weighted by Gasteiger charge is 2.13. The molecule has 0 aliphatic rings. The van der Waals surface area contributed by atoms with Gasteiger partial charge in [0.25, 0.3) is 0 Å². The van der Waals surface area contributed by atoms with Crippen LogP contribution in [-0.2, 0) is 16.6 Å². The Balaban J connectivity index is 1.58. The first-order chi connectivity index (χ1) is 14.0. The standard InChI is InChI=1S/C20H19ClN4O3S/c1-3-28-19(27)13-7-9-16(10-8-13)22-17(26)12-29-20-24-23-18(25(20)2)14-5-4-6-15(21)11-14/h4-11H,3,12H2,1-2H3,(H,22,26). The highest BCUT2D eigenvalue weighted by atomic mass is 35.5. The lowest BCUT2D eigenvalue weighted by molar-refractivity contribution is -0.113. The lowest BCUT2D eigenvalue weighted by Gasteiger charge is -2.07. The fourth-order valence-electron chi connectivity index (χ4n) is 2.55. The Morgan fingerprint density at radius 1 is 1.17 bits per heavy atom. The fraction of sp³-hybridized carbons (Fsp3) is 0.200. The largest absolute Gasteiger partial charge is 0.462 e. The van der Waals surface area contributed by atoms with Crippen molar-refractivity contribution in [3.63, 3.8) is 0 Å². The summed E-state index contributed by atoms with van der Waals surface area (Å²) in [7, 11) is 1.84. The minimum atomic E-state index is -0.390. The number of benzene rings is 2. The lowest BCUT2D eigenvalue weighted by atomic mass is 10.2. The quantitative estimate of drug-likeness (QED) is 0.449. The van der Waals surface area contributed by atoms with Crippen LogP contribution in [0.3, 0.4) is 0 Å². The number of nitrogens with zero attached hydrogens (tertiary/aromatic N) is 3. The van der Waals surface area contributed by atoms with E-state index < -0.39 is 5.97 Å². The van der Waals surface area contributed by atoms with Crippen LogP contribution >= 0.6 is 23.4 Å². The van der Waals surface area contributed by atoms with Gasteiger partial charge in [-0.3, -0.25) is 4.79 Å². The van der Waals surface area contributed by atoms with Gasteiger partial charge in [-0.25, -0.2) is 4.79 Å². The molecule has 1 aromatic heterocycles. The number of carbonyl (C=O) groups excluding carboxylic acids is 2. The molecule has 9 heteroatoms. The van der Waals surface area contributed by atoms with E-state index in [1.165, 1.54) is 11.8 Å². The van der Waals surface area contributed by atoms with Crippen molar-refractivity contribution in [1.29, 1.82) is 0 Å². The zero-order valence-corrected chi connectivity index (χ0v) is 17.5. The van der Waals surface area contributed by atoms with E-state index in [0.29, 0.717) is 33.9 Å². The van der Waals surface area contributed by atoms with Gasteiger partial charge >= 0.3 is 5.97 Å². The van der Waals surface area contributed by atoms with Gasteiger partial charge in [-0.2, -0.15) is 0 Å². The normalized spacial score (nSPS) is 10.6. The minimum Gasteiger partial charge on any atom is -0.462 e. The van der Waals surface area contributed by atoms with Crippen LogP contribution in [0.15, 0.2) is 53.7 Å². The van der Waals surface area contributed by atoms with Gasteiger partial charge in [0.1, 0.15) is 0 Å². The summed E-state index contributed by atoms with van der Waals surface area (Å²) in [5.74, 6) is 0.260. The molecule has 0 spiro atoms. The molecule has 0 aliphatic heterocycles. The van der Waals surface area contributed by atoms with Gasteiger partial charge in [0.2, 0.25) is 5.91 Å². The van der Waals surface area contributed by atoms with E-state index in [1.807, 2.05) is 29.8 Å². The summed E-state index contributed by atoms with van der Waals surface area (Å²) in [5, 5.41) is 12.4. The molecule has 2 aromatic carbocycles. The molecule has 1 N–H and O–H groups in total. The van der Waals surface area contributed by atoms with E-state index in [9.17, 15) is 9.59 Å². The number of anilines is 1. The number of thioether (sulfide) groups is 1. The van der Waals surface area contributed by atoms with Crippen molar-refractivity contribution >= 4 is 40.9 Å². The second kappa shape index (κ2) is 9.58. The second-order valence-corrected chi connectivity index (χ2v) is 7.39. The van der Waals surface area contributed by atoms with E-state index in [0.717, 1.165) is 5.56 Å². The summed E-state index contributed by atoms with van der Waals surface area (Å²) in [4.78, 5) is 23.9. The van der Waals surface area contributed by atoms with Crippen LogP contribution in [-0.4, -0.2) is 39.0 Å². The molecule has 0 saturated carbocycles. The number of aromatic nitrogens is 3. The van der Waals surface area contributed by atoms with Gasteiger partial charge in [0.15, 0.2) is 11.0 Å². The second-order valence-electron chi connectivity index (χ2n) is 6.01. The molecule has 3 aromatic rings. The third-order valence-corrected chi connectivity index (χ3v) is 5.19. The Hall–Kier alpha value is -2.84. The number of ether oxygens (including phenoxy) is 1. The van der Waals surface area contributed by atoms with Gasteiger partial charge in [-0.15, -0.1) is 10.2 Å². The highest BCUT2D eigenvalue weighted by Crippen LogP contribution is 2.24. The minimum absolute atomic E-state index is 0.168. The first-order valence-electron chi connectivity index (χ1n) is 8.83. The van der Waals surface area contributed by atoms with Crippen LogP contribution in [0.25, 0.3) is 11.4 Å². The molecular formula is C20H19ClN4O3S. The molecule has 1 amide bonds. The predicted octanol–water partition coefficient (Wildman–Crippen LogP) is 4.04. The van der Waals surface area contributed by atoms with E-state index in [4.69, 9.17) is 16.3 Å². The summed E-state index contributed by atoms with van der Waals surface area (Å²) in [6.45, 7) is 2.06. The number of nitrogens with one attached hydrogen (secondary N) is 1. The van der Waals surface area contributed by atoms with Crippen molar-refractivity contribution in [2.24, 2.45) is 7.05 Å². The molecule has 0 atom stereocenters. The van der Waals surface area contributed by atoms with Gasteiger partial charge in [0, 0.05) is 23.3 Å². The SMILES string of the molecule is CCOC(=O)c1ccc(NC(=O)CSc2nnc(-c3cccc(Cl)c3)n2C)cc1. The summed E-state index contributed by atoms with van der Waals surface area (Å²) >= 11 is 7.31. The van der Waals surface area contributed by atoms with Crippen molar-refractivity contribution in [3.8, 4) is 11.4 Å². The van der Waals surface area contributed by atoms with Crippen LogP contribution < -0.4 is 5.32 Å². The molecule has 3 rings (SSSR count). The first kappa shape index (κ1) is 20.9. The monoisotopic (exact) mass is 430 g/mol. The number of amides is 1. The lowest BCUT2D eigenvalue weighted by Crippen LogP contribution is -2.14. The average Bonchev–Trinajstić information content (AvgIpc) is 3.07. The first-order valence-corrected chi connectivity index (χ1v) is 10.2. The predicted molar refractivity (Wildman–Crippen MR) is 113 cm³/mol. The molecule has 0 radical (unpaired) electrons. The smallest absolute Gasteiger partial charge is 0.338 e. The number of esters is 1. The van der Waals surface area contributed by atoms with Gasteiger partial charge in [-0.1, -0.05) is 35.5 Å². The van der Waals surface area contributed by atoms with Crippen molar-refractivity contribution in [3.05, 3.63) is 59.1 Å². The molecule has 0 saturated heterocycles. The number of hydrogen-bond donors (Lipinski definition) is 1. The maximum Gasteiger partial charge on any atom is 0.338 e. The summed E-state index contributed by atoms with van der Waals surface area (Å²) in [6, 6.07) is 13.9. The molecular weight excluding hydrogens is 412 g/mol. The Morgan fingerprint density at radius 2 is 1.93 bits per heavy atom. The van der Waals surface area contributed by atoms with Gasteiger partial charge in [-0.05, 0) is 43.3 Å². The number of rotatable bonds is 7. The molecule has 0 unspecified atom stereocenters. The van der Waals surface area contributed by atoms with Crippen LogP contribution in [0.5, 0.6) is 0 Å². The van der Waals surface area contributed by atoms with Crippen molar-refractivity contribution < 1.29 is 14.3 Å². The van der Waals surface area contributed by atoms with Crippen LogP contribution in [0, 0.1) is 0 Å². The number of carbonyl (C=O) groups is 2. The molecule has 7 nitrogen and oxygen atoms in total. The summed E-state index contributed by atoms with van der Waals surface area (Å²) < 4.78 is 6.75. The van der Waals surface area contributed by atoms with E-state index in [-0.39, 0.29) is 11.7 Å². The average molecular weight is 431 g/mol. The topological polar surface area (TPSA) is 86.1 Å². The van der Waals surface area contributed by atoms with E-state index in [2.05, 4.69) is 15.5 Å². The summed E-state index contributed by atoms with van der Waals surface area (Å²) in [5.41, 5.74) is 1.89. The molecule has 0 bridgehead atoms. The third kappa shape index (κ3) is 5.36. The van der Waals surface area contributed by atoms with Crippen molar-refractivity contribution in [2.45, 2.75) is 12.1 Å². The number of halogens is 1. The molecule has 150 valence electrons. The Bertz CT molecular complexity index is 1020. The van der Waals surface area contributed by atoms with Crippen LogP contribution in [0.2, 0.25) is 5.02 Å². The van der Waals surface area contributed by atoms with Gasteiger partial charge in [0.05, 0.1) is 17.9 Å². The molecule has 0 fully saturated rings. The Kier molecular flexibility index (Phi) is 6.90. The fourth-order valence-corrected chi connectivity index (χ4v) is 3.45. The molecule has 0 aliphatic carbocycles. The highest BCUT2D eigenvalue weighted by molar-refractivity contribution is 7.99. The van der Waals surface area contributed by atoms with E-state index >= 15 is 0 Å². The Labute approximate surface area is 177 Å². The maximum absolute atomic E-state index is 12.2. The maximum atomic E-state index is 12.2. The van der Waals surface area contributed by atoms with Crippen molar-refractivity contribution in [1.82, 2.24) is 14.8 Å². The molecule has 1 heterocycles. The van der Waals surface area contributed by atoms with Crippen molar-refractivity contribution in [2.75, 3.05) is 17.7 Å². The zero-order chi connectivity index (χ0) is 20.8. The molecule has 29 heavy (non-hydrogen) atoms.